The van der Waals surface area contributed by atoms with Gasteiger partial charge in [0.15, 0.2) is 0 Å². The Labute approximate surface area is 85.3 Å². The fourth-order valence-corrected chi connectivity index (χ4v) is 1.46. The Morgan fingerprint density at radius 2 is 2.15 bits per heavy atom. The van der Waals surface area contributed by atoms with Gasteiger partial charge < -0.3 is 15.9 Å². The van der Waals surface area contributed by atoms with Crippen molar-refractivity contribution < 1.29 is 10.2 Å². The lowest BCUT2D eigenvalue weighted by atomic mass is 10.1. The van der Waals surface area contributed by atoms with E-state index < -0.39 is 6.10 Å². The van der Waals surface area contributed by atoms with Crippen molar-refractivity contribution >= 4 is 15.9 Å². The van der Waals surface area contributed by atoms with Crippen LogP contribution in [0.4, 0.5) is 0 Å². The number of nitrogens with two attached hydrogens (primary N) is 1. The number of aliphatic hydroxyl groups is 1. The van der Waals surface area contributed by atoms with Crippen LogP contribution in [-0.2, 0) is 6.42 Å². The van der Waals surface area contributed by atoms with Crippen molar-refractivity contribution in [3.8, 4) is 5.75 Å². The minimum Gasteiger partial charge on any atom is -0.508 e. The van der Waals surface area contributed by atoms with Gasteiger partial charge in [-0.1, -0.05) is 15.9 Å². The molecule has 0 bridgehead atoms. The molecule has 4 heteroatoms. The molecule has 0 heterocycles. The fourth-order valence-electron chi connectivity index (χ4n) is 1.05. The zero-order chi connectivity index (χ0) is 9.84. The molecule has 1 aromatic rings. The summed E-state index contributed by atoms with van der Waals surface area (Å²) in [5.41, 5.74) is 5.97. The maximum atomic E-state index is 9.41. The molecule has 0 saturated carbocycles. The van der Waals surface area contributed by atoms with Crippen LogP contribution in [0.1, 0.15) is 5.56 Å². The minimum absolute atomic E-state index is 0.190. The van der Waals surface area contributed by atoms with Crippen LogP contribution in [0, 0.1) is 0 Å². The van der Waals surface area contributed by atoms with Crippen LogP contribution in [0.25, 0.3) is 0 Å². The van der Waals surface area contributed by atoms with E-state index in [0.29, 0.717) is 12.0 Å². The standard InChI is InChI=1S/C9H12BrNO2/c10-7-1-2-9(13)6(3-7)4-8(12)5-11/h1-3,8,12-13H,4-5,11H2. The molecule has 0 aliphatic heterocycles. The molecule has 3 nitrogen and oxygen atoms in total. The first-order valence-electron chi connectivity index (χ1n) is 3.99. The van der Waals surface area contributed by atoms with E-state index in [2.05, 4.69) is 15.9 Å². The van der Waals surface area contributed by atoms with Crippen LogP contribution in [0.15, 0.2) is 22.7 Å². The van der Waals surface area contributed by atoms with Gasteiger partial charge in [-0.15, -0.1) is 0 Å². The normalized spacial score (nSPS) is 12.8. The highest BCUT2D eigenvalue weighted by Crippen LogP contribution is 2.22. The maximum absolute atomic E-state index is 9.41. The molecular weight excluding hydrogens is 234 g/mol. The van der Waals surface area contributed by atoms with Gasteiger partial charge in [0.1, 0.15) is 5.75 Å². The number of halogens is 1. The second-order valence-electron chi connectivity index (χ2n) is 2.87. The molecule has 1 aromatic carbocycles. The Morgan fingerprint density at radius 3 is 2.77 bits per heavy atom. The summed E-state index contributed by atoms with van der Waals surface area (Å²) in [6.45, 7) is 0.200. The number of benzene rings is 1. The Balaban J connectivity index is 2.81. The lowest BCUT2D eigenvalue weighted by Gasteiger charge is -2.09. The molecule has 0 aromatic heterocycles. The molecule has 0 radical (unpaired) electrons. The third-order valence-electron chi connectivity index (χ3n) is 1.77. The van der Waals surface area contributed by atoms with E-state index in [-0.39, 0.29) is 12.3 Å². The Kier molecular flexibility index (Phi) is 3.71. The topological polar surface area (TPSA) is 66.5 Å². The Morgan fingerprint density at radius 1 is 1.46 bits per heavy atom. The average molecular weight is 246 g/mol. The third-order valence-corrected chi connectivity index (χ3v) is 2.26. The summed E-state index contributed by atoms with van der Waals surface area (Å²) < 4.78 is 0.879. The van der Waals surface area contributed by atoms with E-state index in [4.69, 9.17) is 5.73 Å². The zero-order valence-electron chi connectivity index (χ0n) is 7.07. The molecule has 0 amide bonds. The number of hydrogen-bond donors (Lipinski definition) is 3. The molecule has 0 saturated heterocycles. The van der Waals surface area contributed by atoms with Crippen LogP contribution in [0.3, 0.4) is 0 Å². The van der Waals surface area contributed by atoms with Gasteiger partial charge in [-0.05, 0) is 23.8 Å². The highest BCUT2D eigenvalue weighted by atomic mass is 79.9. The van der Waals surface area contributed by atoms with E-state index in [0.717, 1.165) is 4.47 Å². The van der Waals surface area contributed by atoms with Gasteiger partial charge in [-0.25, -0.2) is 0 Å². The monoisotopic (exact) mass is 245 g/mol. The van der Waals surface area contributed by atoms with Gasteiger partial charge in [0.2, 0.25) is 0 Å². The molecule has 1 rings (SSSR count). The predicted octanol–water partition coefficient (Wildman–Crippen LogP) is 1.02. The number of phenols is 1. The molecule has 0 aliphatic carbocycles. The van der Waals surface area contributed by atoms with Gasteiger partial charge in [0, 0.05) is 17.4 Å². The van der Waals surface area contributed by atoms with Crippen LogP contribution < -0.4 is 5.73 Å². The van der Waals surface area contributed by atoms with Crippen molar-refractivity contribution in [2.45, 2.75) is 12.5 Å². The molecule has 4 N–H and O–H groups in total. The first kappa shape index (κ1) is 10.5. The van der Waals surface area contributed by atoms with Gasteiger partial charge in [-0.3, -0.25) is 0 Å². The van der Waals surface area contributed by atoms with Crippen molar-refractivity contribution in [3.05, 3.63) is 28.2 Å². The molecular formula is C9H12BrNO2. The smallest absolute Gasteiger partial charge is 0.118 e. The third kappa shape index (κ3) is 2.99. The van der Waals surface area contributed by atoms with E-state index in [1.54, 1.807) is 18.2 Å². The first-order chi connectivity index (χ1) is 6.13. The van der Waals surface area contributed by atoms with Crippen LogP contribution >= 0.6 is 15.9 Å². The van der Waals surface area contributed by atoms with Gasteiger partial charge in [0.05, 0.1) is 6.10 Å². The van der Waals surface area contributed by atoms with Gasteiger partial charge in [0.25, 0.3) is 0 Å². The summed E-state index contributed by atoms with van der Waals surface area (Å²) in [4.78, 5) is 0. The summed E-state index contributed by atoms with van der Waals surface area (Å²) in [5, 5.41) is 18.7. The van der Waals surface area contributed by atoms with Crippen LogP contribution in [0.2, 0.25) is 0 Å². The zero-order valence-corrected chi connectivity index (χ0v) is 8.66. The lowest BCUT2D eigenvalue weighted by Crippen LogP contribution is -2.21. The second-order valence-corrected chi connectivity index (χ2v) is 3.78. The number of aromatic hydroxyl groups is 1. The number of aliphatic hydroxyl groups excluding tert-OH is 1. The molecule has 1 unspecified atom stereocenters. The highest BCUT2D eigenvalue weighted by Gasteiger charge is 2.07. The molecule has 13 heavy (non-hydrogen) atoms. The summed E-state index contributed by atoms with van der Waals surface area (Å²) in [5.74, 6) is 0.190. The van der Waals surface area contributed by atoms with E-state index in [9.17, 15) is 10.2 Å². The largest absolute Gasteiger partial charge is 0.508 e. The van der Waals surface area contributed by atoms with E-state index in [1.807, 2.05) is 0 Å². The Hall–Kier alpha value is -0.580. The molecule has 0 spiro atoms. The number of hydrogen-bond acceptors (Lipinski definition) is 3. The molecule has 0 fully saturated rings. The summed E-state index contributed by atoms with van der Waals surface area (Å²) in [6.07, 6.45) is -0.220. The van der Waals surface area contributed by atoms with Gasteiger partial charge >= 0.3 is 0 Å². The first-order valence-corrected chi connectivity index (χ1v) is 4.78. The predicted molar refractivity (Wildman–Crippen MR) is 54.6 cm³/mol. The number of rotatable bonds is 3. The second kappa shape index (κ2) is 4.60. The minimum atomic E-state index is -0.597. The van der Waals surface area contributed by atoms with Crippen molar-refractivity contribution in [3.63, 3.8) is 0 Å². The Bertz CT molecular complexity index is 291. The highest BCUT2D eigenvalue weighted by molar-refractivity contribution is 9.10. The quantitative estimate of drug-likeness (QED) is 0.745. The van der Waals surface area contributed by atoms with E-state index in [1.165, 1.54) is 0 Å². The van der Waals surface area contributed by atoms with Crippen molar-refractivity contribution in [2.24, 2.45) is 5.73 Å². The summed E-state index contributed by atoms with van der Waals surface area (Å²) in [6, 6.07) is 5.10. The van der Waals surface area contributed by atoms with Crippen molar-refractivity contribution in [1.82, 2.24) is 0 Å². The van der Waals surface area contributed by atoms with Crippen molar-refractivity contribution in [2.75, 3.05) is 6.54 Å². The van der Waals surface area contributed by atoms with E-state index >= 15 is 0 Å². The average Bonchev–Trinajstić information content (AvgIpc) is 2.11. The fraction of sp³-hybridized carbons (Fsp3) is 0.333. The van der Waals surface area contributed by atoms with Crippen LogP contribution in [0.5, 0.6) is 5.75 Å². The van der Waals surface area contributed by atoms with Gasteiger partial charge in [-0.2, -0.15) is 0 Å². The maximum Gasteiger partial charge on any atom is 0.118 e. The number of phenolic OH excluding ortho intramolecular Hbond substituents is 1. The lowest BCUT2D eigenvalue weighted by molar-refractivity contribution is 0.182. The molecule has 72 valence electrons. The SMILES string of the molecule is NCC(O)Cc1cc(Br)ccc1O. The summed E-state index contributed by atoms with van der Waals surface area (Å²) >= 11 is 3.28. The molecule has 0 aliphatic rings. The van der Waals surface area contributed by atoms with Crippen molar-refractivity contribution in [1.29, 1.82) is 0 Å². The molecule has 1 atom stereocenters. The van der Waals surface area contributed by atoms with Crippen LogP contribution in [-0.4, -0.2) is 22.9 Å². The summed E-state index contributed by atoms with van der Waals surface area (Å²) in [7, 11) is 0.